The number of carbonyl (C=O) groups excluding carboxylic acids is 1. The summed E-state index contributed by atoms with van der Waals surface area (Å²) in [5.74, 6) is 0.793. The molecule has 28 heavy (non-hydrogen) atoms. The smallest absolute Gasteiger partial charge is 0.308 e. The molecule has 7 heteroatoms. The standard InChI is InChI=1S/C21H29ClN4O2/c1-3-28-20(27)14-4-7-17(8-5-14)26-21(23-2)24-11-10-15-13-25-19-9-6-16(22)12-18(15)19/h6,9,12-14,17,25H,3-5,7-8,10-11H2,1-2H3,(H2,23,24,26). The van der Waals surface area contributed by atoms with Crippen LogP contribution in [-0.2, 0) is 16.0 Å². The SMILES string of the molecule is CCOC(=O)C1CCC(NC(=NC)NCCc2c[nH]c3ccc(Cl)cc23)CC1. The van der Waals surface area contributed by atoms with Gasteiger partial charge in [0.05, 0.1) is 12.5 Å². The molecule has 1 aliphatic carbocycles. The van der Waals surface area contributed by atoms with E-state index in [0.717, 1.165) is 60.5 Å². The van der Waals surface area contributed by atoms with E-state index in [2.05, 4.69) is 20.6 Å². The van der Waals surface area contributed by atoms with Crippen molar-refractivity contribution < 1.29 is 9.53 Å². The molecule has 0 saturated heterocycles. The van der Waals surface area contributed by atoms with E-state index in [9.17, 15) is 4.79 Å². The Morgan fingerprint density at radius 2 is 2.11 bits per heavy atom. The molecule has 0 spiro atoms. The second-order valence-electron chi connectivity index (χ2n) is 7.20. The third kappa shape index (κ3) is 5.19. The number of guanidine groups is 1. The van der Waals surface area contributed by atoms with E-state index in [1.807, 2.05) is 31.3 Å². The van der Waals surface area contributed by atoms with Crippen LogP contribution in [0.3, 0.4) is 0 Å². The number of aromatic nitrogens is 1. The Hall–Kier alpha value is -2.21. The van der Waals surface area contributed by atoms with Crippen LogP contribution in [-0.4, -0.2) is 43.2 Å². The summed E-state index contributed by atoms with van der Waals surface area (Å²) in [4.78, 5) is 19.5. The molecule has 1 fully saturated rings. The quantitative estimate of drug-likeness (QED) is 0.390. The van der Waals surface area contributed by atoms with Crippen LogP contribution in [0.15, 0.2) is 29.4 Å². The molecule has 2 aromatic rings. The minimum absolute atomic E-state index is 0.0432. The number of hydrogen-bond donors (Lipinski definition) is 3. The summed E-state index contributed by atoms with van der Waals surface area (Å²) >= 11 is 6.12. The minimum Gasteiger partial charge on any atom is -0.466 e. The Bertz CT molecular complexity index is 825. The highest BCUT2D eigenvalue weighted by atomic mass is 35.5. The van der Waals surface area contributed by atoms with Gasteiger partial charge < -0.3 is 20.4 Å². The first-order chi connectivity index (χ1) is 13.6. The maximum absolute atomic E-state index is 11.9. The Kier molecular flexibility index (Phi) is 7.20. The summed E-state index contributed by atoms with van der Waals surface area (Å²) in [7, 11) is 1.78. The van der Waals surface area contributed by atoms with E-state index in [-0.39, 0.29) is 11.9 Å². The zero-order valence-corrected chi connectivity index (χ0v) is 17.3. The number of halogens is 1. The van der Waals surface area contributed by atoms with Crippen LogP contribution in [0.1, 0.15) is 38.2 Å². The van der Waals surface area contributed by atoms with Gasteiger partial charge in [-0.05, 0) is 62.8 Å². The fourth-order valence-corrected chi connectivity index (χ4v) is 3.97. The predicted molar refractivity (Wildman–Crippen MR) is 114 cm³/mol. The molecule has 1 heterocycles. The monoisotopic (exact) mass is 404 g/mol. The van der Waals surface area contributed by atoms with Crippen molar-refractivity contribution in [3.05, 3.63) is 35.0 Å². The number of nitrogens with zero attached hydrogens (tertiary/aromatic N) is 1. The van der Waals surface area contributed by atoms with Crippen LogP contribution in [0.5, 0.6) is 0 Å². The topological polar surface area (TPSA) is 78.5 Å². The van der Waals surface area contributed by atoms with Crippen LogP contribution >= 0.6 is 11.6 Å². The zero-order valence-electron chi connectivity index (χ0n) is 16.6. The van der Waals surface area contributed by atoms with Gasteiger partial charge in [0.15, 0.2) is 5.96 Å². The number of hydrogen-bond acceptors (Lipinski definition) is 3. The lowest BCUT2D eigenvalue weighted by Gasteiger charge is -2.29. The molecule has 0 radical (unpaired) electrons. The molecule has 3 N–H and O–H groups in total. The summed E-state index contributed by atoms with van der Waals surface area (Å²) in [6, 6.07) is 6.23. The molecule has 0 aliphatic heterocycles. The molecule has 6 nitrogen and oxygen atoms in total. The van der Waals surface area contributed by atoms with Crippen LogP contribution in [0, 0.1) is 5.92 Å². The lowest BCUT2D eigenvalue weighted by molar-refractivity contribution is -0.149. The van der Waals surface area contributed by atoms with E-state index < -0.39 is 0 Å². The number of carbonyl (C=O) groups is 1. The maximum Gasteiger partial charge on any atom is 0.308 e. The van der Waals surface area contributed by atoms with Gasteiger partial charge in [0.2, 0.25) is 0 Å². The van der Waals surface area contributed by atoms with Crippen molar-refractivity contribution in [2.45, 2.75) is 45.1 Å². The van der Waals surface area contributed by atoms with Crippen molar-refractivity contribution in [3.63, 3.8) is 0 Å². The first kappa shape index (κ1) is 20.5. The number of aromatic amines is 1. The van der Waals surface area contributed by atoms with Crippen molar-refractivity contribution in [3.8, 4) is 0 Å². The van der Waals surface area contributed by atoms with Crippen LogP contribution in [0.25, 0.3) is 10.9 Å². The van der Waals surface area contributed by atoms with Gasteiger partial charge in [-0.25, -0.2) is 0 Å². The number of aliphatic imine (C=N–C) groups is 1. The number of fused-ring (bicyclic) bond motifs is 1. The fraction of sp³-hybridized carbons (Fsp3) is 0.524. The molecule has 1 aromatic carbocycles. The number of esters is 1. The van der Waals surface area contributed by atoms with Crippen molar-refractivity contribution in [2.24, 2.45) is 10.9 Å². The zero-order chi connectivity index (χ0) is 19.9. The van der Waals surface area contributed by atoms with E-state index in [1.165, 1.54) is 5.56 Å². The third-order valence-corrected chi connectivity index (χ3v) is 5.56. The lowest BCUT2D eigenvalue weighted by Crippen LogP contribution is -2.45. The predicted octanol–water partition coefficient (Wildman–Crippen LogP) is 3.65. The summed E-state index contributed by atoms with van der Waals surface area (Å²) in [6.45, 7) is 3.08. The largest absolute Gasteiger partial charge is 0.466 e. The summed E-state index contributed by atoms with van der Waals surface area (Å²) < 4.78 is 5.14. The molecular weight excluding hydrogens is 376 g/mol. The van der Waals surface area contributed by atoms with Crippen LogP contribution in [0.2, 0.25) is 5.02 Å². The van der Waals surface area contributed by atoms with Gasteiger partial charge in [0.25, 0.3) is 0 Å². The average Bonchev–Trinajstić information content (AvgIpc) is 3.10. The van der Waals surface area contributed by atoms with Crippen molar-refractivity contribution >= 4 is 34.4 Å². The van der Waals surface area contributed by atoms with E-state index in [4.69, 9.17) is 16.3 Å². The number of H-pyrrole nitrogens is 1. The number of nitrogens with one attached hydrogen (secondary N) is 3. The molecule has 1 aromatic heterocycles. The molecule has 3 rings (SSSR count). The molecular formula is C21H29ClN4O2. The summed E-state index contributed by atoms with van der Waals surface area (Å²) in [5.41, 5.74) is 2.33. The lowest BCUT2D eigenvalue weighted by atomic mass is 9.86. The highest BCUT2D eigenvalue weighted by Gasteiger charge is 2.27. The minimum atomic E-state index is -0.0534. The Balaban J connectivity index is 1.45. The molecule has 152 valence electrons. The van der Waals surface area contributed by atoms with Crippen molar-refractivity contribution in [2.75, 3.05) is 20.2 Å². The van der Waals surface area contributed by atoms with Gasteiger partial charge in [-0.3, -0.25) is 9.79 Å². The van der Waals surface area contributed by atoms with Crippen LogP contribution in [0.4, 0.5) is 0 Å². The molecule has 1 saturated carbocycles. The molecule has 0 unspecified atom stereocenters. The maximum atomic E-state index is 11.9. The van der Waals surface area contributed by atoms with Gasteiger partial charge in [-0.2, -0.15) is 0 Å². The molecule has 0 amide bonds. The second-order valence-corrected chi connectivity index (χ2v) is 7.63. The highest BCUT2D eigenvalue weighted by Crippen LogP contribution is 2.25. The molecule has 0 bridgehead atoms. The average molecular weight is 405 g/mol. The van der Waals surface area contributed by atoms with E-state index >= 15 is 0 Å². The Morgan fingerprint density at radius 1 is 1.32 bits per heavy atom. The second kappa shape index (κ2) is 9.82. The summed E-state index contributed by atoms with van der Waals surface area (Å²) in [6.07, 6.45) is 6.54. The molecule has 1 aliphatic rings. The first-order valence-corrected chi connectivity index (χ1v) is 10.4. The van der Waals surface area contributed by atoms with Gasteiger partial charge in [0, 0.05) is 41.8 Å². The van der Waals surface area contributed by atoms with Crippen molar-refractivity contribution in [1.82, 2.24) is 15.6 Å². The van der Waals surface area contributed by atoms with Gasteiger partial charge >= 0.3 is 5.97 Å². The highest BCUT2D eigenvalue weighted by molar-refractivity contribution is 6.31. The van der Waals surface area contributed by atoms with E-state index in [1.54, 1.807) is 7.05 Å². The van der Waals surface area contributed by atoms with Crippen molar-refractivity contribution in [1.29, 1.82) is 0 Å². The van der Waals surface area contributed by atoms with Gasteiger partial charge in [0.1, 0.15) is 0 Å². The number of ether oxygens (including phenoxy) is 1. The van der Waals surface area contributed by atoms with Gasteiger partial charge in [-0.15, -0.1) is 0 Å². The first-order valence-electron chi connectivity index (χ1n) is 10.00. The molecule has 0 atom stereocenters. The normalized spacial score (nSPS) is 20.2. The van der Waals surface area contributed by atoms with Gasteiger partial charge in [-0.1, -0.05) is 11.6 Å². The third-order valence-electron chi connectivity index (χ3n) is 5.33. The fourth-order valence-electron chi connectivity index (χ4n) is 3.79. The Labute approximate surface area is 171 Å². The van der Waals surface area contributed by atoms with Crippen LogP contribution < -0.4 is 10.6 Å². The van der Waals surface area contributed by atoms with E-state index in [0.29, 0.717) is 12.6 Å². The number of benzene rings is 1. The Morgan fingerprint density at radius 3 is 2.82 bits per heavy atom. The summed E-state index contributed by atoms with van der Waals surface area (Å²) in [5, 5.41) is 8.78. The number of rotatable bonds is 6.